The number of ether oxygens (including phenoxy) is 1. The van der Waals surface area contributed by atoms with Crippen molar-refractivity contribution in [3.05, 3.63) is 41.1 Å². The third kappa shape index (κ3) is 2.36. The van der Waals surface area contributed by atoms with E-state index in [4.69, 9.17) is 16.3 Å². The van der Waals surface area contributed by atoms with Crippen molar-refractivity contribution >= 4 is 11.6 Å². The van der Waals surface area contributed by atoms with E-state index in [1.54, 1.807) is 18.3 Å². The van der Waals surface area contributed by atoms with Crippen LogP contribution in [0.5, 0.6) is 5.75 Å². The standard InChI is InChI=1S/C12H10ClFN2O/c1-7-6-15-12(13)16-11(7)8-3-4-10(17-2)9(14)5-8/h3-6H,1-2H3. The van der Waals surface area contributed by atoms with Gasteiger partial charge in [-0.05, 0) is 42.3 Å². The fourth-order valence-corrected chi connectivity index (χ4v) is 1.66. The molecule has 0 spiro atoms. The molecule has 0 amide bonds. The maximum Gasteiger partial charge on any atom is 0.222 e. The molecule has 0 bridgehead atoms. The predicted octanol–water partition coefficient (Wildman–Crippen LogP) is 3.25. The molecular weight excluding hydrogens is 243 g/mol. The molecule has 0 aliphatic carbocycles. The van der Waals surface area contributed by atoms with E-state index in [-0.39, 0.29) is 11.0 Å². The van der Waals surface area contributed by atoms with Crippen LogP contribution >= 0.6 is 11.6 Å². The maximum atomic E-state index is 13.6. The second-order valence-corrected chi connectivity index (χ2v) is 3.86. The zero-order valence-corrected chi connectivity index (χ0v) is 10.1. The van der Waals surface area contributed by atoms with E-state index in [1.165, 1.54) is 13.2 Å². The lowest BCUT2D eigenvalue weighted by Crippen LogP contribution is -1.94. The van der Waals surface area contributed by atoms with Crippen molar-refractivity contribution < 1.29 is 9.13 Å². The predicted molar refractivity (Wildman–Crippen MR) is 63.7 cm³/mol. The van der Waals surface area contributed by atoms with E-state index in [0.29, 0.717) is 11.3 Å². The molecule has 2 aromatic rings. The van der Waals surface area contributed by atoms with Gasteiger partial charge in [-0.2, -0.15) is 0 Å². The molecular formula is C12H10ClFN2O. The summed E-state index contributed by atoms with van der Waals surface area (Å²) in [6.07, 6.45) is 1.60. The molecule has 0 radical (unpaired) electrons. The van der Waals surface area contributed by atoms with Gasteiger partial charge in [0.15, 0.2) is 11.6 Å². The van der Waals surface area contributed by atoms with Crippen molar-refractivity contribution in [3.8, 4) is 17.0 Å². The van der Waals surface area contributed by atoms with Crippen molar-refractivity contribution in [2.75, 3.05) is 7.11 Å². The summed E-state index contributed by atoms with van der Waals surface area (Å²) >= 11 is 5.72. The van der Waals surface area contributed by atoms with Gasteiger partial charge in [-0.1, -0.05) is 0 Å². The Labute approximate surface area is 103 Å². The van der Waals surface area contributed by atoms with Crippen LogP contribution in [0.4, 0.5) is 4.39 Å². The number of aryl methyl sites for hydroxylation is 1. The van der Waals surface area contributed by atoms with Crippen LogP contribution in [0.25, 0.3) is 11.3 Å². The molecule has 3 nitrogen and oxygen atoms in total. The van der Waals surface area contributed by atoms with Gasteiger partial charge in [-0.15, -0.1) is 0 Å². The summed E-state index contributed by atoms with van der Waals surface area (Å²) in [7, 11) is 1.42. The summed E-state index contributed by atoms with van der Waals surface area (Å²) < 4.78 is 18.4. The lowest BCUT2D eigenvalue weighted by atomic mass is 10.1. The lowest BCUT2D eigenvalue weighted by molar-refractivity contribution is 0.386. The second kappa shape index (κ2) is 4.67. The van der Waals surface area contributed by atoms with Crippen molar-refractivity contribution in [2.24, 2.45) is 0 Å². The number of aromatic nitrogens is 2. The largest absolute Gasteiger partial charge is 0.494 e. The van der Waals surface area contributed by atoms with Crippen molar-refractivity contribution in [1.82, 2.24) is 9.97 Å². The molecule has 5 heteroatoms. The molecule has 0 saturated heterocycles. The summed E-state index contributed by atoms with van der Waals surface area (Å²) in [6.45, 7) is 1.84. The van der Waals surface area contributed by atoms with Gasteiger partial charge in [-0.3, -0.25) is 0 Å². The Morgan fingerprint density at radius 1 is 1.35 bits per heavy atom. The molecule has 1 aromatic heterocycles. The Balaban J connectivity index is 2.53. The number of halogens is 2. The highest BCUT2D eigenvalue weighted by Gasteiger charge is 2.09. The normalized spacial score (nSPS) is 10.4. The van der Waals surface area contributed by atoms with E-state index >= 15 is 0 Å². The van der Waals surface area contributed by atoms with E-state index in [9.17, 15) is 4.39 Å². The lowest BCUT2D eigenvalue weighted by Gasteiger charge is -2.07. The van der Waals surface area contributed by atoms with Crippen LogP contribution in [0.15, 0.2) is 24.4 Å². The van der Waals surface area contributed by atoms with Crippen molar-refractivity contribution in [3.63, 3.8) is 0 Å². The summed E-state index contributed by atoms with van der Waals surface area (Å²) in [4.78, 5) is 7.94. The Morgan fingerprint density at radius 2 is 2.12 bits per heavy atom. The van der Waals surface area contributed by atoms with Crippen LogP contribution in [-0.2, 0) is 0 Å². The zero-order valence-electron chi connectivity index (χ0n) is 9.37. The molecule has 17 heavy (non-hydrogen) atoms. The van der Waals surface area contributed by atoms with Crippen LogP contribution in [-0.4, -0.2) is 17.1 Å². The SMILES string of the molecule is COc1ccc(-c2nc(Cl)ncc2C)cc1F. The molecule has 0 aliphatic heterocycles. The minimum Gasteiger partial charge on any atom is -0.494 e. The quantitative estimate of drug-likeness (QED) is 0.770. The molecule has 88 valence electrons. The number of methoxy groups -OCH3 is 1. The van der Waals surface area contributed by atoms with Crippen LogP contribution < -0.4 is 4.74 Å². The fraction of sp³-hybridized carbons (Fsp3) is 0.167. The first-order chi connectivity index (χ1) is 8.11. The smallest absolute Gasteiger partial charge is 0.222 e. The molecule has 0 N–H and O–H groups in total. The first-order valence-corrected chi connectivity index (χ1v) is 5.32. The van der Waals surface area contributed by atoms with E-state index in [1.807, 2.05) is 6.92 Å². The number of rotatable bonds is 2. The van der Waals surface area contributed by atoms with Gasteiger partial charge in [0.2, 0.25) is 5.28 Å². The molecule has 0 aliphatic rings. The van der Waals surface area contributed by atoms with Gasteiger partial charge in [0.05, 0.1) is 12.8 Å². The van der Waals surface area contributed by atoms with Gasteiger partial charge in [0, 0.05) is 11.8 Å². The molecule has 0 unspecified atom stereocenters. The topological polar surface area (TPSA) is 35.0 Å². The maximum absolute atomic E-state index is 13.6. The van der Waals surface area contributed by atoms with Crippen molar-refractivity contribution in [2.45, 2.75) is 6.92 Å². The van der Waals surface area contributed by atoms with Gasteiger partial charge in [0.1, 0.15) is 0 Å². The summed E-state index contributed by atoms with van der Waals surface area (Å²) in [5.74, 6) is -0.231. The molecule has 0 atom stereocenters. The van der Waals surface area contributed by atoms with Gasteiger partial charge in [-0.25, -0.2) is 14.4 Å². The first kappa shape index (κ1) is 11.8. The molecule has 2 rings (SSSR count). The van der Waals surface area contributed by atoms with Gasteiger partial charge in [0.25, 0.3) is 0 Å². The fourth-order valence-electron chi connectivity index (χ4n) is 1.53. The Morgan fingerprint density at radius 3 is 2.76 bits per heavy atom. The van der Waals surface area contributed by atoms with E-state index < -0.39 is 5.82 Å². The average molecular weight is 253 g/mol. The molecule has 0 saturated carbocycles. The number of nitrogens with zero attached hydrogens (tertiary/aromatic N) is 2. The molecule has 1 aromatic carbocycles. The van der Waals surface area contributed by atoms with Crippen LogP contribution in [0.1, 0.15) is 5.56 Å². The molecule has 0 fully saturated rings. The first-order valence-electron chi connectivity index (χ1n) is 4.95. The highest BCUT2D eigenvalue weighted by Crippen LogP contribution is 2.26. The van der Waals surface area contributed by atoms with Crippen LogP contribution in [0, 0.1) is 12.7 Å². The van der Waals surface area contributed by atoms with Crippen LogP contribution in [0.3, 0.4) is 0 Å². The van der Waals surface area contributed by atoms with Crippen LogP contribution in [0.2, 0.25) is 5.28 Å². The van der Waals surface area contributed by atoms with Crippen molar-refractivity contribution in [1.29, 1.82) is 0 Å². The van der Waals surface area contributed by atoms with E-state index in [2.05, 4.69) is 9.97 Å². The zero-order chi connectivity index (χ0) is 12.4. The highest BCUT2D eigenvalue weighted by molar-refractivity contribution is 6.28. The third-order valence-electron chi connectivity index (χ3n) is 2.37. The minimum absolute atomic E-state index is 0.141. The number of hydrogen-bond acceptors (Lipinski definition) is 3. The average Bonchev–Trinajstić information content (AvgIpc) is 2.32. The Kier molecular flexibility index (Phi) is 3.24. The summed E-state index contributed by atoms with van der Waals surface area (Å²) in [5, 5.41) is 0.141. The Hall–Kier alpha value is -1.68. The highest BCUT2D eigenvalue weighted by atomic mass is 35.5. The monoisotopic (exact) mass is 252 g/mol. The van der Waals surface area contributed by atoms with Gasteiger partial charge >= 0.3 is 0 Å². The third-order valence-corrected chi connectivity index (χ3v) is 2.55. The second-order valence-electron chi connectivity index (χ2n) is 3.52. The summed E-state index contributed by atoms with van der Waals surface area (Å²) in [6, 6.07) is 4.65. The summed E-state index contributed by atoms with van der Waals surface area (Å²) in [5.41, 5.74) is 2.09. The minimum atomic E-state index is -0.431. The van der Waals surface area contributed by atoms with E-state index in [0.717, 1.165) is 5.56 Å². The molecule has 1 heterocycles. The van der Waals surface area contributed by atoms with Gasteiger partial charge < -0.3 is 4.74 Å². The number of hydrogen-bond donors (Lipinski definition) is 0. The Bertz CT molecular complexity index is 560. The number of benzene rings is 1.